The number of rotatable bonds is 1. The Labute approximate surface area is 77.9 Å². The second-order valence-electron chi connectivity index (χ2n) is 4.86. The molecule has 3 atom stereocenters. The Balaban J connectivity index is 2.08. The van der Waals surface area contributed by atoms with Crippen molar-refractivity contribution in [2.45, 2.75) is 51.1 Å². The Bertz CT molecular complexity index is 203. The molecule has 2 aliphatic heterocycles. The summed E-state index contributed by atoms with van der Waals surface area (Å²) in [4.78, 5) is 0. The summed E-state index contributed by atoms with van der Waals surface area (Å²) in [6.45, 7) is 4.27. The van der Waals surface area contributed by atoms with Crippen molar-refractivity contribution in [2.75, 3.05) is 0 Å². The summed E-state index contributed by atoms with van der Waals surface area (Å²) in [5.74, 6) is -1.42. The molecule has 0 aliphatic carbocycles. The van der Waals surface area contributed by atoms with Crippen molar-refractivity contribution in [1.29, 1.82) is 0 Å². The van der Waals surface area contributed by atoms with Crippen LogP contribution in [0.5, 0.6) is 0 Å². The van der Waals surface area contributed by atoms with Crippen LogP contribution in [0.3, 0.4) is 0 Å². The first-order chi connectivity index (χ1) is 5.99. The molecule has 2 heterocycles. The van der Waals surface area contributed by atoms with E-state index in [1.54, 1.807) is 0 Å². The Morgan fingerprint density at radius 1 is 1.31 bits per heavy atom. The number of halogens is 2. The monoisotopic (exact) mass is 189 g/mol. The van der Waals surface area contributed by atoms with Crippen LogP contribution in [0.15, 0.2) is 0 Å². The quantitative estimate of drug-likeness (QED) is 0.668. The number of piperidine rings is 1. The van der Waals surface area contributed by atoms with Crippen molar-refractivity contribution < 1.29 is 8.78 Å². The van der Waals surface area contributed by atoms with Crippen LogP contribution in [0.4, 0.5) is 8.78 Å². The fourth-order valence-corrected chi connectivity index (χ4v) is 2.64. The predicted molar refractivity (Wildman–Crippen MR) is 47.8 cm³/mol. The minimum Gasteiger partial charge on any atom is -0.306 e. The van der Waals surface area contributed by atoms with E-state index in [1.165, 1.54) is 0 Å². The van der Waals surface area contributed by atoms with Crippen LogP contribution < -0.4 is 5.32 Å². The molecule has 13 heavy (non-hydrogen) atoms. The molecule has 1 N–H and O–H groups in total. The molecule has 0 saturated carbocycles. The standard InChI is InChI=1S/C10H17F2N/c1-6(2)7-3-8-5-10(11,12)9(4-7)13-8/h6-9,13H,3-5H2,1-2H3/t7?,8-,9+/m0/s1. The molecular weight excluding hydrogens is 172 g/mol. The van der Waals surface area contributed by atoms with Gasteiger partial charge in [0.2, 0.25) is 0 Å². The maximum Gasteiger partial charge on any atom is 0.264 e. The Kier molecular flexibility index (Phi) is 2.10. The van der Waals surface area contributed by atoms with E-state index in [2.05, 4.69) is 19.2 Å². The van der Waals surface area contributed by atoms with Crippen LogP contribution in [-0.4, -0.2) is 18.0 Å². The van der Waals surface area contributed by atoms with E-state index < -0.39 is 12.0 Å². The third kappa shape index (κ3) is 1.58. The molecule has 0 amide bonds. The van der Waals surface area contributed by atoms with Crippen LogP contribution in [0, 0.1) is 11.8 Å². The molecule has 2 bridgehead atoms. The lowest BCUT2D eigenvalue weighted by atomic mass is 9.84. The number of nitrogens with one attached hydrogen (secondary N) is 1. The molecule has 76 valence electrons. The van der Waals surface area contributed by atoms with Gasteiger partial charge in [0.05, 0.1) is 6.04 Å². The second kappa shape index (κ2) is 2.91. The third-order valence-corrected chi connectivity index (χ3v) is 3.53. The summed E-state index contributed by atoms with van der Waals surface area (Å²) >= 11 is 0. The Morgan fingerprint density at radius 2 is 2.00 bits per heavy atom. The van der Waals surface area contributed by atoms with Gasteiger partial charge in [0.25, 0.3) is 5.92 Å². The molecule has 0 radical (unpaired) electrons. The summed E-state index contributed by atoms with van der Waals surface area (Å²) in [5, 5.41) is 3.02. The van der Waals surface area contributed by atoms with Gasteiger partial charge < -0.3 is 5.32 Å². The van der Waals surface area contributed by atoms with Crippen LogP contribution in [0.2, 0.25) is 0 Å². The average molecular weight is 189 g/mol. The number of hydrogen-bond acceptors (Lipinski definition) is 1. The summed E-state index contributed by atoms with van der Waals surface area (Å²) in [6, 6.07) is -0.472. The second-order valence-corrected chi connectivity index (χ2v) is 4.86. The van der Waals surface area contributed by atoms with Gasteiger partial charge in [-0.2, -0.15) is 0 Å². The van der Waals surface area contributed by atoms with Crippen molar-refractivity contribution >= 4 is 0 Å². The van der Waals surface area contributed by atoms with E-state index in [-0.39, 0.29) is 12.5 Å². The summed E-state index contributed by atoms with van der Waals surface area (Å²) in [5.41, 5.74) is 0. The van der Waals surface area contributed by atoms with E-state index in [0.29, 0.717) is 18.3 Å². The molecule has 1 nitrogen and oxygen atoms in total. The van der Waals surface area contributed by atoms with Gasteiger partial charge in [-0.1, -0.05) is 13.8 Å². The maximum atomic E-state index is 13.3. The minimum absolute atomic E-state index is 0.0564. The highest BCUT2D eigenvalue weighted by Crippen LogP contribution is 2.43. The first kappa shape index (κ1) is 9.38. The highest BCUT2D eigenvalue weighted by Gasteiger charge is 2.52. The summed E-state index contributed by atoms with van der Waals surface area (Å²) in [6.07, 6.45) is 1.64. The lowest BCUT2D eigenvalue weighted by Crippen LogP contribution is -2.43. The van der Waals surface area contributed by atoms with Crippen molar-refractivity contribution in [2.24, 2.45) is 11.8 Å². The summed E-state index contributed by atoms with van der Waals surface area (Å²) < 4.78 is 26.5. The molecular formula is C10H17F2N. The fraction of sp³-hybridized carbons (Fsp3) is 1.00. The van der Waals surface area contributed by atoms with Gasteiger partial charge in [0, 0.05) is 12.5 Å². The predicted octanol–water partition coefficient (Wildman–Crippen LogP) is 2.42. The van der Waals surface area contributed by atoms with Gasteiger partial charge in [0.1, 0.15) is 0 Å². The molecule has 3 heteroatoms. The van der Waals surface area contributed by atoms with Gasteiger partial charge in [-0.3, -0.25) is 0 Å². The minimum atomic E-state index is -2.45. The van der Waals surface area contributed by atoms with Crippen LogP contribution in [-0.2, 0) is 0 Å². The van der Waals surface area contributed by atoms with Crippen molar-refractivity contribution in [3.63, 3.8) is 0 Å². The molecule has 0 aromatic carbocycles. The highest BCUT2D eigenvalue weighted by atomic mass is 19.3. The third-order valence-electron chi connectivity index (χ3n) is 3.53. The summed E-state index contributed by atoms with van der Waals surface area (Å²) in [7, 11) is 0. The maximum absolute atomic E-state index is 13.3. The van der Waals surface area contributed by atoms with Crippen molar-refractivity contribution in [3.05, 3.63) is 0 Å². The smallest absolute Gasteiger partial charge is 0.264 e. The largest absolute Gasteiger partial charge is 0.306 e. The van der Waals surface area contributed by atoms with Crippen LogP contribution in [0.25, 0.3) is 0 Å². The SMILES string of the molecule is CC(C)C1C[C@H]2CC(F)(F)[C@@H](C1)N2. The van der Waals surface area contributed by atoms with Crippen LogP contribution in [0.1, 0.15) is 33.1 Å². The zero-order valence-corrected chi connectivity index (χ0v) is 8.19. The Hall–Kier alpha value is -0.180. The molecule has 2 saturated heterocycles. The lowest BCUT2D eigenvalue weighted by molar-refractivity contribution is -0.0161. The highest BCUT2D eigenvalue weighted by molar-refractivity contribution is 5.02. The van der Waals surface area contributed by atoms with E-state index in [1.807, 2.05) is 0 Å². The first-order valence-electron chi connectivity index (χ1n) is 5.13. The van der Waals surface area contributed by atoms with Gasteiger partial charge in [0.15, 0.2) is 0 Å². The first-order valence-corrected chi connectivity index (χ1v) is 5.13. The Morgan fingerprint density at radius 3 is 2.54 bits per heavy atom. The molecule has 1 unspecified atom stereocenters. The molecule has 2 aliphatic rings. The van der Waals surface area contributed by atoms with Gasteiger partial charge in [-0.15, -0.1) is 0 Å². The van der Waals surface area contributed by atoms with E-state index in [0.717, 1.165) is 6.42 Å². The van der Waals surface area contributed by atoms with Crippen molar-refractivity contribution in [3.8, 4) is 0 Å². The normalized spacial score (nSPS) is 42.7. The molecule has 0 aromatic rings. The fourth-order valence-electron chi connectivity index (χ4n) is 2.64. The van der Waals surface area contributed by atoms with Gasteiger partial charge in [-0.25, -0.2) is 8.78 Å². The number of fused-ring (bicyclic) bond motifs is 2. The molecule has 2 fully saturated rings. The zero-order valence-electron chi connectivity index (χ0n) is 8.19. The van der Waals surface area contributed by atoms with Crippen LogP contribution >= 0.6 is 0 Å². The molecule has 2 rings (SSSR count). The number of alkyl halides is 2. The van der Waals surface area contributed by atoms with Gasteiger partial charge in [-0.05, 0) is 24.7 Å². The van der Waals surface area contributed by atoms with Crippen molar-refractivity contribution in [1.82, 2.24) is 5.32 Å². The average Bonchev–Trinajstić information content (AvgIpc) is 2.21. The van der Waals surface area contributed by atoms with E-state index in [9.17, 15) is 8.78 Å². The topological polar surface area (TPSA) is 12.0 Å². The van der Waals surface area contributed by atoms with E-state index >= 15 is 0 Å². The number of hydrogen-bond donors (Lipinski definition) is 1. The zero-order chi connectivity index (χ0) is 9.64. The van der Waals surface area contributed by atoms with Gasteiger partial charge >= 0.3 is 0 Å². The molecule has 0 aromatic heterocycles. The molecule has 0 spiro atoms. The van der Waals surface area contributed by atoms with E-state index in [4.69, 9.17) is 0 Å². The lowest BCUT2D eigenvalue weighted by Gasteiger charge is -2.31.